The van der Waals surface area contributed by atoms with Crippen molar-refractivity contribution in [3.63, 3.8) is 0 Å². The molecule has 0 atom stereocenters. The molecule has 0 aliphatic carbocycles. The lowest BCUT2D eigenvalue weighted by atomic mass is 10.3. The molecule has 0 bridgehead atoms. The van der Waals surface area contributed by atoms with E-state index in [-0.39, 0.29) is 5.91 Å². The molecule has 4 nitrogen and oxygen atoms in total. The molecule has 4 heteroatoms. The fraction of sp³-hybridized carbons (Fsp3) is 0.500. The molecule has 0 aliphatic heterocycles. The first kappa shape index (κ1) is 8.93. The molecule has 2 N–H and O–H groups in total. The Balaban J connectivity index is 2.59. The van der Waals surface area contributed by atoms with Crippen LogP contribution >= 0.6 is 0 Å². The van der Waals surface area contributed by atoms with Crippen molar-refractivity contribution in [2.24, 2.45) is 5.73 Å². The summed E-state index contributed by atoms with van der Waals surface area (Å²) in [6, 6.07) is 0. The third kappa shape index (κ3) is 1.92. The highest BCUT2D eigenvalue weighted by Crippen LogP contribution is 1.99. The van der Waals surface area contributed by atoms with Gasteiger partial charge in [0, 0.05) is 18.8 Å². The summed E-state index contributed by atoms with van der Waals surface area (Å²) in [5.74, 6) is 0.799. The highest BCUT2D eigenvalue weighted by molar-refractivity contribution is 5.79. The molecular formula is C8H13N3O. The molecule has 0 amide bonds. The summed E-state index contributed by atoms with van der Waals surface area (Å²) in [5, 5.41) is 0. The fourth-order valence-corrected chi connectivity index (χ4v) is 1.02. The summed E-state index contributed by atoms with van der Waals surface area (Å²) in [4.78, 5) is 15.3. The molecule has 1 aromatic rings. The number of imidazole rings is 1. The fourth-order valence-electron chi connectivity index (χ4n) is 1.02. The average molecular weight is 167 g/mol. The van der Waals surface area contributed by atoms with Gasteiger partial charge in [0.1, 0.15) is 5.82 Å². The van der Waals surface area contributed by atoms with Gasteiger partial charge in [-0.15, -0.1) is 0 Å². The van der Waals surface area contributed by atoms with Crippen LogP contribution < -0.4 is 5.73 Å². The normalized spacial score (nSPS) is 10.2. The van der Waals surface area contributed by atoms with Crippen LogP contribution in [0.15, 0.2) is 12.4 Å². The molecule has 12 heavy (non-hydrogen) atoms. The number of rotatable bonds is 3. The minimum Gasteiger partial charge on any atom is -0.330 e. The number of aromatic nitrogens is 2. The quantitative estimate of drug-likeness (QED) is 0.716. The van der Waals surface area contributed by atoms with Crippen molar-refractivity contribution in [2.45, 2.75) is 19.8 Å². The van der Waals surface area contributed by atoms with Crippen LogP contribution in [0.5, 0.6) is 0 Å². The summed E-state index contributed by atoms with van der Waals surface area (Å²) >= 11 is 0. The van der Waals surface area contributed by atoms with Gasteiger partial charge >= 0.3 is 0 Å². The molecule has 0 radical (unpaired) electrons. The molecular weight excluding hydrogens is 154 g/mol. The Morgan fingerprint density at radius 2 is 2.50 bits per heavy atom. The summed E-state index contributed by atoms with van der Waals surface area (Å²) in [5.41, 5.74) is 5.29. The minimum absolute atomic E-state index is 0.0652. The number of nitrogens with two attached hydrogens (primary N) is 1. The average Bonchev–Trinajstić information content (AvgIpc) is 2.47. The van der Waals surface area contributed by atoms with Crippen molar-refractivity contribution in [3.8, 4) is 0 Å². The van der Waals surface area contributed by atoms with Gasteiger partial charge in [0.15, 0.2) is 0 Å². The largest absolute Gasteiger partial charge is 0.330 e. The van der Waals surface area contributed by atoms with E-state index in [4.69, 9.17) is 5.73 Å². The van der Waals surface area contributed by atoms with Crippen LogP contribution in [0.4, 0.5) is 0 Å². The van der Waals surface area contributed by atoms with Gasteiger partial charge in [-0.3, -0.25) is 9.36 Å². The maximum atomic E-state index is 11.4. The lowest BCUT2D eigenvalue weighted by Gasteiger charge is -2.01. The number of nitrogens with zero attached hydrogens (tertiary/aromatic N) is 2. The zero-order valence-corrected chi connectivity index (χ0v) is 7.16. The zero-order chi connectivity index (χ0) is 8.97. The molecule has 0 unspecified atom stereocenters. The third-order valence-corrected chi connectivity index (χ3v) is 1.69. The van der Waals surface area contributed by atoms with E-state index in [0.29, 0.717) is 13.0 Å². The van der Waals surface area contributed by atoms with Crippen molar-refractivity contribution in [1.82, 2.24) is 9.55 Å². The van der Waals surface area contributed by atoms with E-state index in [2.05, 4.69) is 4.98 Å². The monoisotopic (exact) mass is 167 g/mol. The van der Waals surface area contributed by atoms with E-state index in [1.807, 2.05) is 0 Å². The van der Waals surface area contributed by atoms with Gasteiger partial charge in [-0.1, -0.05) is 0 Å². The second-order valence-electron chi connectivity index (χ2n) is 2.63. The smallest absolute Gasteiger partial charge is 0.232 e. The topological polar surface area (TPSA) is 60.9 Å². The molecule has 0 saturated carbocycles. The zero-order valence-electron chi connectivity index (χ0n) is 7.16. The van der Waals surface area contributed by atoms with Crippen molar-refractivity contribution in [1.29, 1.82) is 0 Å². The number of carbonyl (C=O) groups excluding carboxylic acids is 1. The number of aryl methyl sites for hydroxylation is 1. The van der Waals surface area contributed by atoms with Crippen LogP contribution in [-0.2, 0) is 0 Å². The first-order chi connectivity index (χ1) is 5.75. The predicted molar refractivity (Wildman–Crippen MR) is 45.9 cm³/mol. The van der Waals surface area contributed by atoms with Crippen molar-refractivity contribution >= 4 is 5.91 Å². The van der Waals surface area contributed by atoms with Gasteiger partial charge < -0.3 is 5.73 Å². The van der Waals surface area contributed by atoms with E-state index in [0.717, 1.165) is 12.2 Å². The molecule has 1 heterocycles. The molecule has 0 spiro atoms. The Morgan fingerprint density at radius 1 is 1.75 bits per heavy atom. The highest BCUT2D eigenvalue weighted by Gasteiger charge is 2.05. The Kier molecular flexibility index (Phi) is 2.99. The molecule has 0 aromatic carbocycles. The number of hydrogen-bond donors (Lipinski definition) is 1. The van der Waals surface area contributed by atoms with E-state index in [1.165, 1.54) is 0 Å². The number of hydrogen-bond acceptors (Lipinski definition) is 3. The van der Waals surface area contributed by atoms with Crippen LogP contribution in [0, 0.1) is 6.92 Å². The van der Waals surface area contributed by atoms with E-state index < -0.39 is 0 Å². The standard InChI is InChI=1S/C8H13N3O/c1-7-10-5-6-11(7)8(12)3-2-4-9/h5-6H,2-4,9H2,1H3. The lowest BCUT2D eigenvalue weighted by molar-refractivity contribution is 0.0898. The summed E-state index contributed by atoms with van der Waals surface area (Å²) < 4.78 is 1.55. The van der Waals surface area contributed by atoms with Crippen molar-refractivity contribution in [3.05, 3.63) is 18.2 Å². The maximum Gasteiger partial charge on any atom is 0.232 e. The van der Waals surface area contributed by atoms with Gasteiger partial charge in [-0.25, -0.2) is 4.98 Å². The van der Waals surface area contributed by atoms with Gasteiger partial charge in [0.25, 0.3) is 0 Å². The maximum absolute atomic E-state index is 11.4. The Hall–Kier alpha value is -1.16. The molecule has 1 aromatic heterocycles. The third-order valence-electron chi connectivity index (χ3n) is 1.69. The Morgan fingerprint density at radius 3 is 3.00 bits per heavy atom. The van der Waals surface area contributed by atoms with Crippen LogP contribution in [0.3, 0.4) is 0 Å². The minimum atomic E-state index is 0.0652. The summed E-state index contributed by atoms with van der Waals surface area (Å²) in [6.45, 7) is 2.36. The number of carbonyl (C=O) groups is 1. The van der Waals surface area contributed by atoms with Gasteiger partial charge in [-0.05, 0) is 19.9 Å². The Labute approximate surface area is 71.4 Å². The second kappa shape index (κ2) is 4.01. The summed E-state index contributed by atoms with van der Waals surface area (Å²) in [6.07, 6.45) is 4.52. The van der Waals surface area contributed by atoms with Crippen molar-refractivity contribution < 1.29 is 4.79 Å². The SMILES string of the molecule is Cc1nccn1C(=O)CCCN. The van der Waals surface area contributed by atoms with Gasteiger partial charge in [0.05, 0.1) is 0 Å². The second-order valence-corrected chi connectivity index (χ2v) is 2.63. The molecule has 0 saturated heterocycles. The van der Waals surface area contributed by atoms with Crippen LogP contribution in [-0.4, -0.2) is 22.0 Å². The van der Waals surface area contributed by atoms with E-state index >= 15 is 0 Å². The van der Waals surface area contributed by atoms with Gasteiger partial charge in [-0.2, -0.15) is 0 Å². The molecule has 66 valence electrons. The van der Waals surface area contributed by atoms with Crippen LogP contribution in [0.25, 0.3) is 0 Å². The van der Waals surface area contributed by atoms with Gasteiger partial charge in [0.2, 0.25) is 5.91 Å². The molecule has 1 rings (SSSR count). The van der Waals surface area contributed by atoms with Crippen molar-refractivity contribution in [2.75, 3.05) is 6.54 Å². The first-order valence-corrected chi connectivity index (χ1v) is 3.99. The lowest BCUT2D eigenvalue weighted by Crippen LogP contribution is -2.13. The van der Waals surface area contributed by atoms with E-state index in [1.54, 1.807) is 23.9 Å². The first-order valence-electron chi connectivity index (χ1n) is 3.99. The van der Waals surface area contributed by atoms with Crippen LogP contribution in [0.2, 0.25) is 0 Å². The van der Waals surface area contributed by atoms with E-state index in [9.17, 15) is 4.79 Å². The summed E-state index contributed by atoms with van der Waals surface area (Å²) in [7, 11) is 0. The predicted octanol–water partition coefficient (Wildman–Crippen LogP) is 0.571. The Bertz CT molecular complexity index is 267. The molecule has 0 aliphatic rings. The highest BCUT2D eigenvalue weighted by atomic mass is 16.2. The molecule has 0 fully saturated rings. The van der Waals surface area contributed by atoms with Crippen LogP contribution in [0.1, 0.15) is 23.5 Å².